The van der Waals surface area contributed by atoms with Crippen LogP contribution in [0.2, 0.25) is 5.02 Å². The highest BCUT2D eigenvalue weighted by molar-refractivity contribution is 6.30. The van der Waals surface area contributed by atoms with Crippen molar-refractivity contribution in [3.05, 3.63) is 119 Å². The number of hydrogen-bond donors (Lipinski definition) is 2. The van der Waals surface area contributed by atoms with E-state index in [4.69, 9.17) is 16.0 Å². The molecule has 7 rings (SSSR count). The standard InChI is InChI=1S/C31H22ClN3O4/c32-19-12-14-20(15-13-19)33-29(37)27-26(28(36)24-10-5-17-39-24)31(21-7-2-3-8-22(21)34-30(31)38)25-16-11-18-6-1-4-9-23(18)35(25)27/h1-17,25-27H,(H,33,37)(H,34,38)/t25-,26-,27+,31+/m1/s1. The van der Waals surface area contributed by atoms with Crippen LogP contribution in [0, 0.1) is 5.92 Å². The molecule has 3 aliphatic rings. The molecular formula is C31H22ClN3O4. The number of anilines is 3. The quantitative estimate of drug-likeness (QED) is 0.335. The normalized spacial score (nSPS) is 24.2. The summed E-state index contributed by atoms with van der Waals surface area (Å²) >= 11 is 6.06. The fourth-order valence-corrected chi connectivity index (χ4v) is 6.57. The van der Waals surface area contributed by atoms with Crippen molar-refractivity contribution in [3.8, 4) is 0 Å². The molecule has 4 heterocycles. The molecule has 0 radical (unpaired) electrons. The number of nitrogens with zero attached hydrogens (tertiary/aromatic N) is 1. The zero-order chi connectivity index (χ0) is 26.7. The van der Waals surface area contributed by atoms with Crippen LogP contribution < -0.4 is 15.5 Å². The number of benzene rings is 3. The highest BCUT2D eigenvalue weighted by atomic mass is 35.5. The average Bonchev–Trinajstić information content (AvgIpc) is 3.67. The molecule has 0 unspecified atom stereocenters. The Labute approximate surface area is 229 Å². The molecule has 0 bridgehead atoms. The fraction of sp³-hybridized carbons (Fsp3) is 0.129. The van der Waals surface area contributed by atoms with E-state index in [1.165, 1.54) is 6.26 Å². The minimum atomic E-state index is -1.38. The summed E-state index contributed by atoms with van der Waals surface area (Å²) in [5.41, 5.74) is 2.13. The Morgan fingerprint density at radius 2 is 1.72 bits per heavy atom. The van der Waals surface area contributed by atoms with Crippen LogP contribution >= 0.6 is 11.6 Å². The van der Waals surface area contributed by atoms with Crippen molar-refractivity contribution in [2.75, 3.05) is 15.5 Å². The molecule has 1 spiro atoms. The molecule has 1 fully saturated rings. The summed E-state index contributed by atoms with van der Waals surface area (Å²) in [5, 5.41) is 6.51. The molecule has 1 aromatic heterocycles. The van der Waals surface area contributed by atoms with Gasteiger partial charge in [-0.25, -0.2) is 0 Å². The minimum absolute atomic E-state index is 0.0953. The molecule has 4 aromatic rings. The average molecular weight is 536 g/mol. The largest absolute Gasteiger partial charge is 0.461 e. The van der Waals surface area contributed by atoms with Gasteiger partial charge in [0.15, 0.2) is 5.76 Å². The highest BCUT2D eigenvalue weighted by Crippen LogP contribution is 2.57. The topological polar surface area (TPSA) is 91.6 Å². The number of hydrogen-bond acceptors (Lipinski definition) is 5. The van der Waals surface area contributed by atoms with E-state index >= 15 is 0 Å². The number of carbonyl (C=O) groups is 3. The third-order valence-corrected chi connectivity index (χ3v) is 8.22. The van der Waals surface area contributed by atoms with Crippen LogP contribution in [0.3, 0.4) is 0 Å². The van der Waals surface area contributed by atoms with Crippen LogP contribution in [0.5, 0.6) is 0 Å². The second-order valence-electron chi connectivity index (χ2n) is 9.90. The maximum absolute atomic E-state index is 14.4. The molecule has 2 N–H and O–H groups in total. The Morgan fingerprint density at radius 3 is 2.51 bits per heavy atom. The summed E-state index contributed by atoms with van der Waals surface area (Å²) in [6.07, 6.45) is 5.31. The molecule has 4 atom stereocenters. The van der Waals surface area contributed by atoms with E-state index in [2.05, 4.69) is 10.6 Å². The van der Waals surface area contributed by atoms with E-state index < -0.39 is 35.1 Å². The number of para-hydroxylation sites is 2. The van der Waals surface area contributed by atoms with Gasteiger partial charge in [0.1, 0.15) is 11.5 Å². The molecule has 0 aliphatic carbocycles. The van der Waals surface area contributed by atoms with E-state index in [-0.39, 0.29) is 11.7 Å². The van der Waals surface area contributed by atoms with Gasteiger partial charge < -0.3 is 20.0 Å². The highest BCUT2D eigenvalue weighted by Gasteiger charge is 2.70. The lowest BCUT2D eigenvalue weighted by Crippen LogP contribution is -2.51. The molecule has 39 heavy (non-hydrogen) atoms. The van der Waals surface area contributed by atoms with Crippen molar-refractivity contribution >= 4 is 52.3 Å². The Morgan fingerprint density at radius 1 is 0.949 bits per heavy atom. The molecular weight excluding hydrogens is 514 g/mol. The zero-order valence-corrected chi connectivity index (χ0v) is 21.3. The number of ketones is 1. The first kappa shape index (κ1) is 23.5. The zero-order valence-electron chi connectivity index (χ0n) is 20.5. The predicted octanol–water partition coefficient (Wildman–Crippen LogP) is 5.54. The number of halogens is 1. The number of rotatable bonds is 4. The lowest BCUT2D eigenvalue weighted by molar-refractivity contribution is -0.122. The third kappa shape index (κ3) is 3.33. The third-order valence-electron chi connectivity index (χ3n) is 7.97. The maximum Gasteiger partial charge on any atom is 0.247 e. The number of fused-ring (bicyclic) bond motifs is 6. The van der Waals surface area contributed by atoms with Crippen LogP contribution in [0.1, 0.15) is 21.7 Å². The molecule has 8 heteroatoms. The molecule has 0 saturated carbocycles. The van der Waals surface area contributed by atoms with Gasteiger partial charge in [0, 0.05) is 22.1 Å². The van der Waals surface area contributed by atoms with Gasteiger partial charge in [0.2, 0.25) is 17.6 Å². The Balaban J connectivity index is 1.48. The lowest BCUT2D eigenvalue weighted by Gasteiger charge is -2.37. The molecule has 2 amide bonds. The summed E-state index contributed by atoms with van der Waals surface area (Å²) in [6.45, 7) is 0. The molecule has 3 aliphatic heterocycles. The van der Waals surface area contributed by atoms with Crippen LogP contribution in [0.15, 0.2) is 102 Å². The molecule has 1 saturated heterocycles. The van der Waals surface area contributed by atoms with Crippen LogP contribution in [0.25, 0.3) is 6.08 Å². The predicted molar refractivity (Wildman–Crippen MR) is 149 cm³/mol. The van der Waals surface area contributed by atoms with E-state index in [0.717, 1.165) is 11.3 Å². The van der Waals surface area contributed by atoms with Crippen molar-refractivity contribution in [1.29, 1.82) is 0 Å². The molecule has 3 aromatic carbocycles. The number of amides is 2. The summed E-state index contributed by atoms with van der Waals surface area (Å²) in [6, 6.07) is 23.4. The summed E-state index contributed by atoms with van der Waals surface area (Å²) in [7, 11) is 0. The van der Waals surface area contributed by atoms with Crippen LogP contribution in [-0.2, 0) is 15.0 Å². The van der Waals surface area contributed by atoms with Gasteiger partial charge in [0.25, 0.3) is 0 Å². The number of furan rings is 1. The molecule has 7 nitrogen and oxygen atoms in total. The first-order valence-corrected chi connectivity index (χ1v) is 13.0. The molecule has 192 valence electrons. The van der Waals surface area contributed by atoms with Gasteiger partial charge in [-0.2, -0.15) is 0 Å². The Kier molecular flexibility index (Phi) is 5.25. The second-order valence-corrected chi connectivity index (χ2v) is 10.3. The van der Waals surface area contributed by atoms with Crippen molar-refractivity contribution in [3.63, 3.8) is 0 Å². The number of carbonyl (C=O) groups excluding carboxylic acids is 3. The first-order chi connectivity index (χ1) is 19.0. The van der Waals surface area contributed by atoms with Crippen molar-refractivity contribution < 1.29 is 18.8 Å². The van der Waals surface area contributed by atoms with Gasteiger partial charge in [-0.1, -0.05) is 60.2 Å². The number of nitrogens with one attached hydrogen (secondary N) is 2. The summed E-state index contributed by atoms with van der Waals surface area (Å²) in [5.74, 6) is -2.15. The van der Waals surface area contributed by atoms with Gasteiger partial charge in [-0.05, 0) is 59.7 Å². The van der Waals surface area contributed by atoms with Crippen LogP contribution in [-0.4, -0.2) is 29.7 Å². The smallest absolute Gasteiger partial charge is 0.247 e. The Bertz CT molecular complexity index is 1660. The summed E-state index contributed by atoms with van der Waals surface area (Å²) in [4.78, 5) is 44.7. The monoisotopic (exact) mass is 535 g/mol. The van der Waals surface area contributed by atoms with Gasteiger partial charge in [-0.3, -0.25) is 14.4 Å². The minimum Gasteiger partial charge on any atom is -0.461 e. The van der Waals surface area contributed by atoms with Crippen molar-refractivity contribution in [2.45, 2.75) is 17.5 Å². The second kappa shape index (κ2) is 8.71. The van der Waals surface area contributed by atoms with E-state index in [1.54, 1.807) is 36.4 Å². The number of Topliss-reactive ketones (excluding diaryl/α,β-unsaturated/α-hetero) is 1. The Hall–Kier alpha value is -4.62. The van der Waals surface area contributed by atoms with E-state index in [9.17, 15) is 14.4 Å². The van der Waals surface area contributed by atoms with Gasteiger partial charge >= 0.3 is 0 Å². The van der Waals surface area contributed by atoms with Gasteiger partial charge in [-0.15, -0.1) is 0 Å². The van der Waals surface area contributed by atoms with E-state index in [1.807, 2.05) is 65.6 Å². The van der Waals surface area contributed by atoms with Crippen LogP contribution in [0.4, 0.5) is 17.1 Å². The fourth-order valence-electron chi connectivity index (χ4n) is 6.44. The summed E-state index contributed by atoms with van der Waals surface area (Å²) < 4.78 is 5.55. The van der Waals surface area contributed by atoms with Crippen molar-refractivity contribution in [1.82, 2.24) is 0 Å². The van der Waals surface area contributed by atoms with E-state index in [0.29, 0.717) is 22.0 Å². The maximum atomic E-state index is 14.4. The van der Waals surface area contributed by atoms with Gasteiger partial charge in [0.05, 0.1) is 18.2 Å². The SMILES string of the molecule is O=C(Nc1ccc(Cl)cc1)[C@@H]1[C@H](C(=O)c2ccco2)[C@@]2(C(=O)Nc3ccccc32)[C@H]2C=Cc3ccccc3N12. The lowest BCUT2D eigenvalue weighted by atomic mass is 9.65. The first-order valence-electron chi connectivity index (χ1n) is 12.6. The van der Waals surface area contributed by atoms with Crippen molar-refractivity contribution in [2.24, 2.45) is 5.92 Å².